The summed E-state index contributed by atoms with van der Waals surface area (Å²) in [6.45, 7) is -2.86. The van der Waals surface area contributed by atoms with Gasteiger partial charge in [-0.2, -0.15) is 8.78 Å². The molecule has 0 spiro atoms. The van der Waals surface area contributed by atoms with Crippen molar-refractivity contribution in [1.29, 1.82) is 0 Å². The first kappa shape index (κ1) is 9.70. The number of halogens is 2. The van der Waals surface area contributed by atoms with Crippen LogP contribution in [0.5, 0.6) is 0 Å². The van der Waals surface area contributed by atoms with Gasteiger partial charge in [-0.1, -0.05) is 0 Å². The lowest BCUT2D eigenvalue weighted by molar-refractivity contribution is 0.0705. The van der Waals surface area contributed by atoms with Crippen LogP contribution in [0.4, 0.5) is 14.5 Å². The van der Waals surface area contributed by atoms with Gasteiger partial charge in [-0.05, 0) is 18.2 Å². The molecule has 0 aliphatic heterocycles. The lowest BCUT2D eigenvalue weighted by Gasteiger charge is -2.00. The lowest BCUT2D eigenvalue weighted by atomic mass is 10.3. The van der Waals surface area contributed by atoms with Crippen LogP contribution in [0.2, 0.25) is 0 Å². The fourth-order valence-corrected chi connectivity index (χ4v) is 1.57. The van der Waals surface area contributed by atoms with Crippen molar-refractivity contribution >= 4 is 16.7 Å². The quantitative estimate of drug-likeness (QED) is 0.726. The van der Waals surface area contributed by atoms with Crippen LogP contribution in [0.1, 0.15) is 6.55 Å². The standard InChI is InChI=1S/C9H9F2N3O/c1-13-6-3-2-5(12)4-7(6)14(8(10)11)9(13)15/h2-4,8H,12H2,1H3. The Labute approximate surface area is 83.5 Å². The van der Waals surface area contributed by atoms with Crippen molar-refractivity contribution in [2.75, 3.05) is 5.73 Å². The zero-order valence-electron chi connectivity index (χ0n) is 7.95. The Morgan fingerprint density at radius 1 is 1.33 bits per heavy atom. The predicted octanol–water partition coefficient (Wildman–Crippen LogP) is 1.32. The van der Waals surface area contributed by atoms with Crippen molar-refractivity contribution < 1.29 is 8.78 Å². The number of fused-ring (bicyclic) bond motifs is 1. The molecule has 0 atom stereocenters. The Morgan fingerprint density at radius 3 is 2.60 bits per heavy atom. The van der Waals surface area contributed by atoms with Crippen LogP contribution in [-0.2, 0) is 7.05 Å². The minimum atomic E-state index is -2.86. The van der Waals surface area contributed by atoms with Gasteiger partial charge in [0.2, 0.25) is 0 Å². The number of hydrogen-bond acceptors (Lipinski definition) is 2. The third-order valence-corrected chi connectivity index (χ3v) is 2.31. The highest BCUT2D eigenvalue weighted by atomic mass is 19.3. The minimum absolute atomic E-state index is 0.150. The molecule has 0 aliphatic carbocycles. The van der Waals surface area contributed by atoms with Crippen LogP contribution in [0.15, 0.2) is 23.0 Å². The summed E-state index contributed by atoms with van der Waals surface area (Å²) in [6, 6.07) is 4.48. The highest BCUT2D eigenvalue weighted by Gasteiger charge is 2.17. The zero-order valence-corrected chi connectivity index (χ0v) is 7.95. The van der Waals surface area contributed by atoms with Gasteiger partial charge in [-0.25, -0.2) is 9.36 Å². The van der Waals surface area contributed by atoms with Gasteiger partial charge in [0.05, 0.1) is 11.0 Å². The van der Waals surface area contributed by atoms with Gasteiger partial charge in [-0.3, -0.25) is 4.57 Å². The first-order valence-corrected chi connectivity index (χ1v) is 4.27. The maximum Gasteiger partial charge on any atom is 0.333 e. The van der Waals surface area contributed by atoms with E-state index in [0.717, 1.165) is 0 Å². The van der Waals surface area contributed by atoms with E-state index in [1.807, 2.05) is 0 Å². The number of nitrogen functional groups attached to an aromatic ring is 1. The van der Waals surface area contributed by atoms with E-state index in [2.05, 4.69) is 0 Å². The Bertz CT molecular complexity index is 570. The summed E-state index contributed by atoms with van der Waals surface area (Å²) in [7, 11) is 1.44. The summed E-state index contributed by atoms with van der Waals surface area (Å²) >= 11 is 0. The van der Waals surface area contributed by atoms with E-state index in [9.17, 15) is 13.6 Å². The zero-order chi connectivity index (χ0) is 11.2. The summed E-state index contributed by atoms with van der Waals surface area (Å²) in [5.74, 6) is 0. The van der Waals surface area contributed by atoms with E-state index in [4.69, 9.17) is 5.73 Å². The fraction of sp³-hybridized carbons (Fsp3) is 0.222. The molecule has 2 rings (SSSR count). The number of rotatable bonds is 1. The molecular formula is C9H9F2N3O. The number of nitrogens with zero attached hydrogens (tertiary/aromatic N) is 2. The van der Waals surface area contributed by atoms with E-state index in [0.29, 0.717) is 15.8 Å². The summed E-state index contributed by atoms with van der Waals surface area (Å²) in [5.41, 5.74) is 5.68. The van der Waals surface area contributed by atoms with E-state index in [1.165, 1.54) is 17.7 Å². The van der Waals surface area contributed by atoms with Gasteiger partial charge >= 0.3 is 12.2 Å². The van der Waals surface area contributed by atoms with Gasteiger partial charge in [0.15, 0.2) is 0 Å². The summed E-state index contributed by atoms with van der Waals surface area (Å²) in [4.78, 5) is 11.4. The average molecular weight is 213 g/mol. The number of imidazole rings is 1. The molecule has 0 fully saturated rings. The molecule has 4 nitrogen and oxygen atoms in total. The van der Waals surface area contributed by atoms with Gasteiger partial charge in [0, 0.05) is 12.7 Å². The Kier molecular flexibility index (Phi) is 1.99. The molecule has 0 saturated carbocycles. The van der Waals surface area contributed by atoms with E-state index < -0.39 is 12.2 Å². The van der Waals surface area contributed by atoms with Crippen molar-refractivity contribution in [2.45, 2.75) is 6.55 Å². The Morgan fingerprint density at radius 2 is 2.00 bits per heavy atom. The van der Waals surface area contributed by atoms with Crippen molar-refractivity contribution in [2.24, 2.45) is 7.05 Å². The summed E-state index contributed by atoms with van der Waals surface area (Å²) in [5, 5.41) is 0. The topological polar surface area (TPSA) is 53.0 Å². The second-order valence-corrected chi connectivity index (χ2v) is 3.24. The normalized spacial score (nSPS) is 11.5. The molecule has 0 radical (unpaired) electrons. The van der Waals surface area contributed by atoms with Gasteiger partial charge < -0.3 is 5.73 Å². The highest BCUT2D eigenvalue weighted by molar-refractivity contribution is 5.79. The van der Waals surface area contributed by atoms with Crippen LogP contribution in [0, 0.1) is 0 Å². The summed E-state index contributed by atoms with van der Waals surface area (Å²) < 4.78 is 26.8. The van der Waals surface area contributed by atoms with Crippen LogP contribution in [-0.4, -0.2) is 9.13 Å². The summed E-state index contributed by atoms with van der Waals surface area (Å²) in [6.07, 6.45) is 0. The predicted molar refractivity (Wildman–Crippen MR) is 52.8 cm³/mol. The fourth-order valence-electron chi connectivity index (χ4n) is 1.57. The van der Waals surface area contributed by atoms with E-state index in [-0.39, 0.29) is 5.52 Å². The van der Waals surface area contributed by atoms with Crippen molar-refractivity contribution in [3.63, 3.8) is 0 Å². The average Bonchev–Trinajstić information content (AvgIpc) is 2.39. The number of alkyl halides is 2. The van der Waals surface area contributed by atoms with Gasteiger partial charge in [0.1, 0.15) is 0 Å². The number of hydrogen-bond donors (Lipinski definition) is 1. The molecule has 80 valence electrons. The van der Waals surface area contributed by atoms with Crippen molar-refractivity contribution in [1.82, 2.24) is 9.13 Å². The number of aromatic nitrogens is 2. The number of nitrogens with two attached hydrogens (primary N) is 1. The SMILES string of the molecule is Cn1c(=O)n(C(F)F)c2cc(N)ccc21. The van der Waals surface area contributed by atoms with Crippen LogP contribution < -0.4 is 11.4 Å². The Balaban J connectivity index is 2.95. The first-order chi connectivity index (χ1) is 7.02. The maximum atomic E-state index is 12.6. The largest absolute Gasteiger partial charge is 0.399 e. The molecule has 1 aromatic carbocycles. The molecule has 2 N–H and O–H groups in total. The van der Waals surface area contributed by atoms with Crippen molar-refractivity contribution in [3.8, 4) is 0 Å². The molecule has 1 heterocycles. The van der Waals surface area contributed by atoms with Crippen LogP contribution in [0.25, 0.3) is 11.0 Å². The van der Waals surface area contributed by atoms with E-state index >= 15 is 0 Å². The molecule has 0 bridgehead atoms. The third kappa shape index (κ3) is 1.29. The molecule has 0 saturated heterocycles. The lowest BCUT2D eigenvalue weighted by Crippen LogP contribution is -2.22. The molecular weight excluding hydrogens is 204 g/mol. The smallest absolute Gasteiger partial charge is 0.333 e. The minimum Gasteiger partial charge on any atom is -0.399 e. The molecule has 2 aromatic rings. The Hall–Kier alpha value is -1.85. The number of anilines is 1. The monoisotopic (exact) mass is 213 g/mol. The molecule has 1 aromatic heterocycles. The molecule has 0 amide bonds. The maximum absolute atomic E-state index is 12.6. The number of benzene rings is 1. The molecule has 15 heavy (non-hydrogen) atoms. The second kappa shape index (κ2) is 3.08. The number of aryl methyl sites for hydroxylation is 1. The van der Waals surface area contributed by atoms with Gasteiger partial charge in [0.25, 0.3) is 0 Å². The molecule has 6 heteroatoms. The van der Waals surface area contributed by atoms with Crippen LogP contribution >= 0.6 is 0 Å². The van der Waals surface area contributed by atoms with Crippen LogP contribution in [0.3, 0.4) is 0 Å². The third-order valence-electron chi connectivity index (χ3n) is 2.31. The van der Waals surface area contributed by atoms with Crippen molar-refractivity contribution in [3.05, 3.63) is 28.7 Å². The molecule has 0 unspecified atom stereocenters. The molecule has 0 aliphatic rings. The second-order valence-electron chi connectivity index (χ2n) is 3.24. The first-order valence-electron chi connectivity index (χ1n) is 4.27. The van der Waals surface area contributed by atoms with E-state index in [1.54, 1.807) is 12.1 Å². The van der Waals surface area contributed by atoms with Gasteiger partial charge in [-0.15, -0.1) is 0 Å². The highest BCUT2D eigenvalue weighted by Crippen LogP contribution is 2.20.